The molecule has 0 aliphatic heterocycles. The maximum absolute atomic E-state index is 4.79. The average Bonchev–Trinajstić information content (AvgIpc) is 3.20. The Morgan fingerprint density at radius 1 is 0.923 bits per heavy atom. The molecule has 7 nitrogen and oxygen atoms in total. The molecule has 0 amide bonds. The summed E-state index contributed by atoms with van der Waals surface area (Å²) in [7, 11) is 0. The lowest BCUT2D eigenvalue weighted by Gasteiger charge is -1.99. The standard InChI is InChI=1S/C19H17N7/c1-12-11-13(2)26-19(20-12)22-17(24-26)8-7-14-9-10-25-18(21-14)15-5-3-4-6-16(15)23-25/h3-6,9-11H,7-8H2,1-2H3. The molecule has 7 heteroatoms. The van der Waals surface area contributed by atoms with Crippen molar-refractivity contribution in [3.63, 3.8) is 0 Å². The van der Waals surface area contributed by atoms with Gasteiger partial charge in [0.05, 0.1) is 5.52 Å². The van der Waals surface area contributed by atoms with Gasteiger partial charge in [-0.1, -0.05) is 12.1 Å². The highest BCUT2D eigenvalue weighted by Crippen LogP contribution is 2.18. The Morgan fingerprint density at radius 3 is 2.73 bits per heavy atom. The van der Waals surface area contributed by atoms with Crippen LogP contribution in [0.1, 0.15) is 22.9 Å². The molecule has 4 heterocycles. The maximum Gasteiger partial charge on any atom is 0.252 e. The lowest BCUT2D eigenvalue weighted by molar-refractivity contribution is 0.802. The molecule has 0 bridgehead atoms. The van der Waals surface area contributed by atoms with Gasteiger partial charge in [-0.15, -0.1) is 5.10 Å². The highest BCUT2D eigenvalue weighted by molar-refractivity contribution is 5.91. The fraction of sp³-hybridized carbons (Fsp3) is 0.211. The van der Waals surface area contributed by atoms with Crippen molar-refractivity contribution >= 4 is 22.3 Å². The van der Waals surface area contributed by atoms with Gasteiger partial charge in [-0.05, 0) is 44.5 Å². The predicted octanol–water partition coefficient (Wildman–Crippen LogP) is 2.72. The third-order valence-corrected chi connectivity index (χ3v) is 4.50. The number of aryl methyl sites for hydroxylation is 4. The highest BCUT2D eigenvalue weighted by Gasteiger charge is 2.10. The average molecular weight is 343 g/mol. The fourth-order valence-electron chi connectivity index (χ4n) is 3.27. The summed E-state index contributed by atoms with van der Waals surface area (Å²) in [5.74, 6) is 1.44. The van der Waals surface area contributed by atoms with Gasteiger partial charge in [0.15, 0.2) is 11.5 Å². The van der Waals surface area contributed by atoms with Crippen LogP contribution in [0.3, 0.4) is 0 Å². The molecule has 0 saturated heterocycles. The molecule has 0 radical (unpaired) electrons. The summed E-state index contributed by atoms with van der Waals surface area (Å²) in [6, 6.07) is 12.1. The SMILES string of the molecule is Cc1cc(C)n2nc(CCc3ccn4nc5ccccc5c4n3)nc2n1. The molecule has 0 N–H and O–H groups in total. The Morgan fingerprint density at radius 2 is 1.81 bits per heavy atom. The first-order chi connectivity index (χ1) is 12.7. The number of aromatic nitrogens is 7. The second-order valence-electron chi connectivity index (χ2n) is 6.48. The van der Waals surface area contributed by atoms with E-state index in [4.69, 9.17) is 4.98 Å². The number of hydrogen-bond donors (Lipinski definition) is 0. The maximum atomic E-state index is 4.79. The van der Waals surface area contributed by atoms with Gasteiger partial charge in [-0.25, -0.2) is 19.0 Å². The quantitative estimate of drug-likeness (QED) is 0.504. The van der Waals surface area contributed by atoms with Crippen LogP contribution in [0, 0.1) is 13.8 Å². The number of hydrogen-bond acceptors (Lipinski definition) is 5. The van der Waals surface area contributed by atoms with Crippen molar-refractivity contribution in [2.45, 2.75) is 26.7 Å². The Bertz CT molecular complexity index is 1270. The Labute approximate surface area is 149 Å². The number of fused-ring (bicyclic) bond motifs is 4. The molecular weight excluding hydrogens is 326 g/mol. The second-order valence-corrected chi connectivity index (χ2v) is 6.48. The van der Waals surface area contributed by atoms with Gasteiger partial charge in [-0.2, -0.15) is 10.1 Å². The van der Waals surface area contributed by atoms with E-state index in [-0.39, 0.29) is 0 Å². The largest absolute Gasteiger partial charge is 0.252 e. The third kappa shape index (κ3) is 2.40. The van der Waals surface area contributed by atoms with E-state index in [0.717, 1.165) is 52.3 Å². The molecule has 0 saturated carbocycles. The molecule has 5 rings (SSSR count). The number of nitrogens with zero attached hydrogens (tertiary/aromatic N) is 7. The first-order valence-electron chi connectivity index (χ1n) is 8.60. The van der Waals surface area contributed by atoms with Crippen molar-refractivity contribution in [1.82, 2.24) is 34.2 Å². The van der Waals surface area contributed by atoms with Crippen LogP contribution in [-0.4, -0.2) is 34.2 Å². The minimum absolute atomic E-state index is 0.655. The van der Waals surface area contributed by atoms with Gasteiger partial charge in [0, 0.05) is 35.1 Å². The van der Waals surface area contributed by atoms with Gasteiger partial charge in [0.25, 0.3) is 5.78 Å². The van der Waals surface area contributed by atoms with Crippen LogP contribution in [0.4, 0.5) is 0 Å². The number of rotatable bonds is 3. The molecule has 5 aromatic rings. The van der Waals surface area contributed by atoms with Gasteiger partial charge in [-0.3, -0.25) is 0 Å². The van der Waals surface area contributed by atoms with Crippen LogP contribution in [-0.2, 0) is 12.8 Å². The van der Waals surface area contributed by atoms with Crippen LogP contribution in [0.25, 0.3) is 22.3 Å². The Hall–Kier alpha value is -3.35. The van der Waals surface area contributed by atoms with Gasteiger partial charge in [0.1, 0.15) is 0 Å². The summed E-state index contributed by atoms with van der Waals surface area (Å²) in [4.78, 5) is 13.8. The molecule has 0 spiro atoms. The molecule has 4 aromatic heterocycles. The van der Waals surface area contributed by atoms with E-state index in [1.54, 1.807) is 4.52 Å². The minimum Gasteiger partial charge on any atom is -0.233 e. The molecule has 0 fully saturated rings. The minimum atomic E-state index is 0.655. The normalized spacial score (nSPS) is 11.8. The zero-order valence-corrected chi connectivity index (χ0v) is 14.6. The smallest absolute Gasteiger partial charge is 0.233 e. The summed E-state index contributed by atoms with van der Waals surface area (Å²) >= 11 is 0. The van der Waals surface area contributed by atoms with Crippen LogP contribution < -0.4 is 0 Å². The highest BCUT2D eigenvalue weighted by atomic mass is 15.3. The van der Waals surface area contributed by atoms with E-state index < -0.39 is 0 Å². The van der Waals surface area contributed by atoms with E-state index in [0.29, 0.717) is 5.78 Å². The van der Waals surface area contributed by atoms with Crippen molar-refractivity contribution in [2.75, 3.05) is 0 Å². The van der Waals surface area contributed by atoms with Crippen molar-refractivity contribution < 1.29 is 0 Å². The number of benzene rings is 1. The Balaban J connectivity index is 1.46. The fourth-order valence-corrected chi connectivity index (χ4v) is 3.27. The van der Waals surface area contributed by atoms with Crippen LogP contribution in [0.2, 0.25) is 0 Å². The molecule has 0 aliphatic rings. The second kappa shape index (κ2) is 5.59. The zero-order valence-electron chi connectivity index (χ0n) is 14.6. The molecule has 0 aliphatic carbocycles. The predicted molar refractivity (Wildman–Crippen MR) is 98.2 cm³/mol. The Kier molecular flexibility index (Phi) is 3.21. The van der Waals surface area contributed by atoms with Crippen molar-refractivity contribution in [3.8, 4) is 0 Å². The summed E-state index contributed by atoms with van der Waals surface area (Å²) in [5, 5.41) is 10.2. The van der Waals surface area contributed by atoms with Gasteiger partial charge >= 0.3 is 0 Å². The zero-order chi connectivity index (χ0) is 17.7. The molecule has 1 aromatic carbocycles. The van der Waals surface area contributed by atoms with Crippen LogP contribution in [0.15, 0.2) is 42.6 Å². The van der Waals surface area contributed by atoms with Gasteiger partial charge < -0.3 is 0 Å². The lowest BCUT2D eigenvalue weighted by atomic mass is 10.2. The van der Waals surface area contributed by atoms with E-state index in [1.807, 2.05) is 54.9 Å². The molecule has 128 valence electrons. The van der Waals surface area contributed by atoms with E-state index >= 15 is 0 Å². The monoisotopic (exact) mass is 343 g/mol. The molecule has 26 heavy (non-hydrogen) atoms. The third-order valence-electron chi connectivity index (χ3n) is 4.50. The first-order valence-corrected chi connectivity index (χ1v) is 8.60. The van der Waals surface area contributed by atoms with Crippen molar-refractivity contribution in [2.24, 2.45) is 0 Å². The molecule has 0 unspecified atom stereocenters. The van der Waals surface area contributed by atoms with E-state index in [2.05, 4.69) is 26.2 Å². The van der Waals surface area contributed by atoms with Crippen LogP contribution >= 0.6 is 0 Å². The summed E-state index contributed by atoms with van der Waals surface area (Å²) < 4.78 is 3.62. The summed E-state index contributed by atoms with van der Waals surface area (Å²) in [6.07, 6.45) is 3.45. The molecular formula is C19H17N7. The summed E-state index contributed by atoms with van der Waals surface area (Å²) in [6.45, 7) is 3.98. The summed E-state index contributed by atoms with van der Waals surface area (Å²) in [5.41, 5.74) is 4.83. The van der Waals surface area contributed by atoms with Crippen molar-refractivity contribution in [1.29, 1.82) is 0 Å². The van der Waals surface area contributed by atoms with Gasteiger partial charge in [0.2, 0.25) is 0 Å². The van der Waals surface area contributed by atoms with E-state index in [1.165, 1.54) is 0 Å². The topological polar surface area (TPSA) is 73.3 Å². The lowest BCUT2D eigenvalue weighted by Crippen LogP contribution is -2.00. The first kappa shape index (κ1) is 14.9. The van der Waals surface area contributed by atoms with Crippen molar-refractivity contribution in [3.05, 3.63) is 65.5 Å². The van der Waals surface area contributed by atoms with Crippen LogP contribution in [0.5, 0.6) is 0 Å². The molecule has 0 atom stereocenters. The van der Waals surface area contributed by atoms with E-state index in [9.17, 15) is 0 Å².